The number of hydrogen-bond acceptors (Lipinski definition) is 2. The van der Waals surface area contributed by atoms with Crippen molar-refractivity contribution in [3.05, 3.63) is 33.0 Å². The Balaban J connectivity index is 3.37. The average Bonchev–Trinajstić information content (AvgIpc) is 1.86. The molecule has 0 aliphatic rings. The maximum absolute atomic E-state index is 10.7. The van der Waals surface area contributed by atoms with Gasteiger partial charge in [-0.2, -0.15) is 0 Å². The Hall–Kier alpha value is -0.140. The van der Waals surface area contributed by atoms with Gasteiger partial charge in [-0.3, -0.25) is 0 Å². The van der Waals surface area contributed by atoms with Crippen LogP contribution in [0.2, 0.25) is 0 Å². The molecule has 5 heteroatoms. The maximum Gasteiger partial charge on any atom is 0.0997 e. The molecule has 1 N–H and O–H groups in total. The number of sulfonamides is 1. The van der Waals surface area contributed by atoms with E-state index in [-0.39, 0.29) is 4.90 Å². The summed E-state index contributed by atoms with van der Waals surface area (Å²) in [6.45, 7) is 0. The van der Waals surface area contributed by atoms with E-state index in [1.165, 1.54) is 6.07 Å². The highest BCUT2D eigenvalue weighted by Gasteiger charge is 2.03. The van der Waals surface area contributed by atoms with Crippen LogP contribution in [-0.2, 0) is 10.0 Å². The van der Waals surface area contributed by atoms with Gasteiger partial charge in [-0.15, -0.1) is 0 Å². The second-order valence-corrected chi connectivity index (χ2v) is 4.54. The van der Waals surface area contributed by atoms with Crippen LogP contribution in [-0.4, -0.2) is 8.42 Å². The van der Waals surface area contributed by atoms with E-state index in [1.54, 1.807) is 18.2 Å². The van der Waals surface area contributed by atoms with Gasteiger partial charge in [0.25, 0.3) is 0 Å². The Kier molecular flexibility index (Phi) is 2.50. The molecule has 1 aromatic carbocycles. The molecular formula is C6H5INO2S-. The van der Waals surface area contributed by atoms with E-state index >= 15 is 0 Å². The van der Waals surface area contributed by atoms with E-state index in [9.17, 15) is 8.42 Å². The monoisotopic (exact) mass is 282 g/mol. The van der Waals surface area contributed by atoms with E-state index in [1.807, 2.05) is 22.6 Å². The summed E-state index contributed by atoms with van der Waals surface area (Å²) >= 11 is 1.89. The molecule has 0 aromatic heterocycles. The summed E-state index contributed by atoms with van der Waals surface area (Å²) < 4.78 is 22.0. The first-order valence-electron chi connectivity index (χ1n) is 2.76. The van der Waals surface area contributed by atoms with Crippen molar-refractivity contribution >= 4 is 32.6 Å². The number of hydrogen-bond donors (Lipinski definition) is 0. The first kappa shape index (κ1) is 8.95. The van der Waals surface area contributed by atoms with Crippen molar-refractivity contribution in [3.63, 3.8) is 0 Å². The topological polar surface area (TPSA) is 57.9 Å². The van der Waals surface area contributed by atoms with Crippen LogP contribution in [0.15, 0.2) is 29.2 Å². The van der Waals surface area contributed by atoms with Crippen molar-refractivity contribution in [2.45, 2.75) is 4.90 Å². The van der Waals surface area contributed by atoms with Gasteiger partial charge in [-0.05, 0) is 34.7 Å². The first-order valence-corrected chi connectivity index (χ1v) is 5.32. The molecule has 0 heterocycles. The van der Waals surface area contributed by atoms with Gasteiger partial charge in [0.15, 0.2) is 0 Å². The first-order chi connectivity index (χ1) is 5.02. The van der Waals surface area contributed by atoms with Gasteiger partial charge in [0.1, 0.15) is 0 Å². The van der Waals surface area contributed by atoms with Crippen LogP contribution >= 0.6 is 22.6 Å². The minimum Gasteiger partial charge on any atom is -0.560 e. The SMILES string of the molecule is [NH-]S(=O)(=O)c1ccccc1I. The third kappa shape index (κ3) is 2.14. The van der Waals surface area contributed by atoms with Gasteiger partial charge in [0.05, 0.1) is 14.9 Å². The number of nitrogens with one attached hydrogen (secondary N) is 1. The minimum absolute atomic E-state index is 0.0700. The van der Waals surface area contributed by atoms with Crippen LogP contribution in [0.3, 0.4) is 0 Å². The zero-order valence-corrected chi connectivity index (χ0v) is 8.39. The molecule has 1 rings (SSSR count). The summed E-state index contributed by atoms with van der Waals surface area (Å²) in [6.07, 6.45) is 0. The lowest BCUT2D eigenvalue weighted by Gasteiger charge is -2.05. The van der Waals surface area contributed by atoms with Crippen molar-refractivity contribution < 1.29 is 8.42 Å². The van der Waals surface area contributed by atoms with Crippen molar-refractivity contribution in [1.29, 1.82) is 0 Å². The average molecular weight is 282 g/mol. The largest absolute Gasteiger partial charge is 0.560 e. The molecule has 0 amide bonds. The van der Waals surface area contributed by atoms with Crippen molar-refractivity contribution in [2.24, 2.45) is 0 Å². The lowest BCUT2D eigenvalue weighted by atomic mass is 10.4. The number of benzene rings is 1. The molecule has 0 unspecified atom stereocenters. The van der Waals surface area contributed by atoms with Crippen molar-refractivity contribution in [1.82, 2.24) is 0 Å². The molecule has 60 valence electrons. The summed E-state index contributed by atoms with van der Waals surface area (Å²) in [7, 11) is -3.79. The highest BCUT2D eigenvalue weighted by molar-refractivity contribution is 14.1. The molecular weight excluding hydrogens is 277 g/mol. The van der Waals surface area contributed by atoms with Crippen LogP contribution in [0.5, 0.6) is 0 Å². The molecule has 0 bridgehead atoms. The maximum atomic E-state index is 10.7. The summed E-state index contributed by atoms with van der Waals surface area (Å²) in [4.78, 5) is 0.0700. The van der Waals surface area contributed by atoms with Gasteiger partial charge >= 0.3 is 0 Å². The molecule has 3 nitrogen and oxygen atoms in total. The molecule has 0 radical (unpaired) electrons. The van der Waals surface area contributed by atoms with Gasteiger partial charge < -0.3 is 5.14 Å². The normalized spacial score (nSPS) is 11.5. The molecule has 0 aliphatic heterocycles. The molecule has 11 heavy (non-hydrogen) atoms. The Morgan fingerprint density at radius 3 is 2.18 bits per heavy atom. The number of rotatable bonds is 1. The minimum atomic E-state index is -3.79. The van der Waals surface area contributed by atoms with Gasteiger partial charge in [0, 0.05) is 3.57 Å². The molecule has 1 aromatic rings. The Morgan fingerprint density at radius 1 is 1.27 bits per heavy atom. The smallest absolute Gasteiger partial charge is 0.0997 e. The predicted octanol–water partition coefficient (Wildman–Crippen LogP) is 2.03. The Bertz CT molecular complexity index is 361. The van der Waals surface area contributed by atoms with Crippen LogP contribution in [0, 0.1) is 3.57 Å². The van der Waals surface area contributed by atoms with E-state index in [0.717, 1.165) is 0 Å². The molecule has 0 saturated heterocycles. The quantitative estimate of drug-likeness (QED) is 0.740. The Labute approximate surface area is 78.8 Å². The third-order valence-electron chi connectivity index (χ3n) is 1.13. The number of halogens is 1. The van der Waals surface area contributed by atoms with E-state index in [0.29, 0.717) is 3.57 Å². The van der Waals surface area contributed by atoms with Gasteiger partial charge in [0.2, 0.25) is 0 Å². The Morgan fingerprint density at radius 2 is 1.82 bits per heavy atom. The van der Waals surface area contributed by atoms with Crippen LogP contribution < -0.4 is 0 Å². The summed E-state index contributed by atoms with van der Waals surface area (Å²) in [5.41, 5.74) is 0. The van der Waals surface area contributed by atoms with Crippen LogP contribution in [0.4, 0.5) is 0 Å². The summed E-state index contributed by atoms with van der Waals surface area (Å²) in [6, 6.07) is 6.41. The fourth-order valence-electron chi connectivity index (χ4n) is 0.663. The third-order valence-corrected chi connectivity index (χ3v) is 3.37. The zero-order chi connectivity index (χ0) is 8.48. The lowest BCUT2D eigenvalue weighted by Crippen LogP contribution is -1.94. The summed E-state index contributed by atoms with van der Waals surface area (Å²) in [5, 5.41) is 6.78. The highest BCUT2D eigenvalue weighted by Crippen LogP contribution is 2.18. The standard InChI is InChI=1S/C6H5INO2S/c7-5-3-1-2-4-6(5)11(8,9)10/h1-4H,(H-,8,9,10)/q-1. The molecule has 0 aliphatic carbocycles. The second-order valence-electron chi connectivity index (χ2n) is 1.93. The lowest BCUT2D eigenvalue weighted by molar-refractivity contribution is 0.604. The van der Waals surface area contributed by atoms with E-state index in [4.69, 9.17) is 5.14 Å². The molecule has 0 fully saturated rings. The van der Waals surface area contributed by atoms with E-state index < -0.39 is 10.0 Å². The van der Waals surface area contributed by atoms with Crippen molar-refractivity contribution in [2.75, 3.05) is 0 Å². The van der Waals surface area contributed by atoms with E-state index in [2.05, 4.69) is 0 Å². The predicted molar refractivity (Wildman–Crippen MR) is 50.7 cm³/mol. The van der Waals surface area contributed by atoms with Gasteiger partial charge in [-0.1, -0.05) is 12.1 Å². The van der Waals surface area contributed by atoms with Gasteiger partial charge in [-0.25, -0.2) is 8.42 Å². The molecule has 0 atom stereocenters. The second kappa shape index (κ2) is 3.08. The summed E-state index contributed by atoms with van der Waals surface area (Å²) in [5.74, 6) is 0. The van der Waals surface area contributed by atoms with Crippen LogP contribution in [0.1, 0.15) is 0 Å². The molecule has 0 spiro atoms. The fraction of sp³-hybridized carbons (Fsp3) is 0. The zero-order valence-electron chi connectivity index (χ0n) is 5.41. The molecule has 0 saturated carbocycles. The highest BCUT2D eigenvalue weighted by atomic mass is 127. The fourth-order valence-corrected chi connectivity index (χ4v) is 2.50. The van der Waals surface area contributed by atoms with Crippen LogP contribution in [0.25, 0.3) is 5.14 Å². The van der Waals surface area contributed by atoms with Crippen molar-refractivity contribution in [3.8, 4) is 0 Å².